The average Bonchev–Trinajstić information content (AvgIpc) is 3.24. The SMILES string of the molecule is O=C1NC[C@@H](C(=O)N[C@@H](c2ccc(F)c(Cl)c2)c2ccn(C(F)F)n2)O1. The second-order valence-corrected chi connectivity index (χ2v) is 5.80. The first-order valence-electron chi connectivity index (χ1n) is 7.38. The standard InChI is InChI=1S/C15H12ClF3N4O3/c16-8-5-7(1-2-9(8)17)12(10-3-4-23(22-10)14(18)19)21-13(24)11-6-20-15(25)26-11/h1-5,11-12,14H,6H2,(H,20,25)(H,21,24)/t11-,12-/m0/s1. The predicted octanol–water partition coefficient (Wildman–Crippen LogP) is 2.38. The van der Waals surface area contributed by atoms with Gasteiger partial charge in [0.2, 0.25) is 0 Å². The molecule has 2 aromatic rings. The van der Waals surface area contributed by atoms with Crippen molar-refractivity contribution in [3.63, 3.8) is 0 Å². The molecule has 26 heavy (non-hydrogen) atoms. The van der Waals surface area contributed by atoms with Gasteiger partial charge in [-0.1, -0.05) is 17.7 Å². The van der Waals surface area contributed by atoms with Crippen LogP contribution in [0.2, 0.25) is 5.02 Å². The van der Waals surface area contributed by atoms with Crippen molar-refractivity contribution in [3.05, 3.63) is 52.6 Å². The van der Waals surface area contributed by atoms with Crippen molar-refractivity contribution in [2.24, 2.45) is 0 Å². The highest BCUT2D eigenvalue weighted by Gasteiger charge is 2.32. The summed E-state index contributed by atoms with van der Waals surface area (Å²) in [5.41, 5.74) is 0.403. The molecule has 3 rings (SSSR count). The number of cyclic esters (lactones) is 1. The number of benzene rings is 1. The van der Waals surface area contributed by atoms with Crippen molar-refractivity contribution in [2.75, 3.05) is 6.54 Å². The number of ether oxygens (including phenoxy) is 1. The third-order valence-electron chi connectivity index (χ3n) is 3.66. The summed E-state index contributed by atoms with van der Waals surface area (Å²) in [5.74, 6) is -1.34. The van der Waals surface area contributed by atoms with E-state index in [0.717, 1.165) is 12.3 Å². The molecule has 0 spiro atoms. The summed E-state index contributed by atoms with van der Waals surface area (Å²) in [6.07, 6.45) is -0.784. The summed E-state index contributed by atoms with van der Waals surface area (Å²) < 4.78 is 44.2. The lowest BCUT2D eigenvalue weighted by atomic mass is 10.0. The lowest BCUT2D eigenvalue weighted by Crippen LogP contribution is -2.39. The molecule has 1 aromatic heterocycles. The topological polar surface area (TPSA) is 85.3 Å². The van der Waals surface area contributed by atoms with E-state index in [0.29, 0.717) is 10.2 Å². The molecule has 0 unspecified atom stereocenters. The number of hydrogen-bond acceptors (Lipinski definition) is 4. The number of nitrogens with one attached hydrogen (secondary N) is 2. The molecule has 1 aliphatic heterocycles. The zero-order valence-electron chi connectivity index (χ0n) is 13.0. The Morgan fingerprint density at radius 3 is 2.77 bits per heavy atom. The minimum absolute atomic E-state index is 0.0347. The van der Waals surface area contributed by atoms with Crippen molar-refractivity contribution in [2.45, 2.75) is 18.7 Å². The lowest BCUT2D eigenvalue weighted by molar-refractivity contribution is -0.128. The van der Waals surface area contributed by atoms with Crippen LogP contribution in [-0.2, 0) is 9.53 Å². The van der Waals surface area contributed by atoms with Crippen LogP contribution < -0.4 is 10.6 Å². The van der Waals surface area contributed by atoms with Crippen LogP contribution in [-0.4, -0.2) is 34.4 Å². The number of amides is 2. The van der Waals surface area contributed by atoms with Crippen LogP contribution in [0.15, 0.2) is 30.5 Å². The van der Waals surface area contributed by atoms with Gasteiger partial charge in [0.1, 0.15) is 5.82 Å². The van der Waals surface area contributed by atoms with Crippen LogP contribution in [0, 0.1) is 5.82 Å². The maximum atomic E-state index is 13.4. The second kappa shape index (κ2) is 7.24. The monoisotopic (exact) mass is 388 g/mol. The second-order valence-electron chi connectivity index (χ2n) is 5.39. The van der Waals surface area contributed by atoms with Crippen molar-refractivity contribution in [1.29, 1.82) is 0 Å². The number of carbonyl (C=O) groups is 2. The molecular weight excluding hydrogens is 377 g/mol. The quantitative estimate of drug-likeness (QED) is 0.823. The Morgan fingerprint density at radius 1 is 1.42 bits per heavy atom. The summed E-state index contributed by atoms with van der Waals surface area (Å²) in [6, 6.07) is 3.96. The highest BCUT2D eigenvalue weighted by Crippen LogP contribution is 2.26. The third-order valence-corrected chi connectivity index (χ3v) is 3.95. The molecule has 1 aromatic carbocycles. The normalized spacial score (nSPS) is 17.7. The molecule has 2 amide bonds. The lowest BCUT2D eigenvalue weighted by Gasteiger charge is -2.19. The van der Waals surface area contributed by atoms with Crippen molar-refractivity contribution < 1.29 is 27.5 Å². The van der Waals surface area contributed by atoms with Crippen LogP contribution in [0.3, 0.4) is 0 Å². The maximum Gasteiger partial charge on any atom is 0.408 e. The molecular formula is C15H12ClF3N4O3. The zero-order chi connectivity index (χ0) is 18.8. The molecule has 0 aliphatic carbocycles. The fourth-order valence-corrected chi connectivity index (χ4v) is 2.59. The molecule has 2 N–H and O–H groups in total. The van der Waals surface area contributed by atoms with Gasteiger partial charge in [0, 0.05) is 6.20 Å². The van der Waals surface area contributed by atoms with Gasteiger partial charge >= 0.3 is 12.6 Å². The van der Waals surface area contributed by atoms with Gasteiger partial charge in [-0.2, -0.15) is 13.9 Å². The number of rotatable bonds is 5. The molecule has 138 valence electrons. The van der Waals surface area contributed by atoms with E-state index >= 15 is 0 Å². The number of nitrogens with zero attached hydrogens (tertiary/aromatic N) is 2. The fraction of sp³-hybridized carbons (Fsp3) is 0.267. The Hall–Kier alpha value is -2.75. The van der Waals surface area contributed by atoms with Gasteiger partial charge in [0.25, 0.3) is 5.91 Å². The van der Waals surface area contributed by atoms with Crippen molar-refractivity contribution in [1.82, 2.24) is 20.4 Å². The Balaban J connectivity index is 1.91. The minimum atomic E-state index is -2.86. The van der Waals surface area contributed by atoms with Crippen LogP contribution in [0.25, 0.3) is 0 Å². The molecule has 2 atom stereocenters. The van der Waals surface area contributed by atoms with Crippen molar-refractivity contribution in [3.8, 4) is 0 Å². The summed E-state index contributed by atoms with van der Waals surface area (Å²) in [6.45, 7) is -2.90. The highest BCUT2D eigenvalue weighted by molar-refractivity contribution is 6.30. The Morgan fingerprint density at radius 2 is 2.19 bits per heavy atom. The predicted molar refractivity (Wildman–Crippen MR) is 83.1 cm³/mol. The van der Waals surface area contributed by atoms with E-state index in [9.17, 15) is 22.8 Å². The minimum Gasteiger partial charge on any atom is -0.434 e. The van der Waals surface area contributed by atoms with E-state index in [1.165, 1.54) is 18.2 Å². The molecule has 0 radical (unpaired) electrons. The molecule has 7 nitrogen and oxygen atoms in total. The summed E-state index contributed by atoms with van der Waals surface area (Å²) in [7, 11) is 0. The molecule has 1 aliphatic rings. The van der Waals surface area contributed by atoms with E-state index in [2.05, 4.69) is 15.7 Å². The third kappa shape index (κ3) is 3.74. The molecule has 0 saturated carbocycles. The zero-order valence-corrected chi connectivity index (χ0v) is 13.7. The van der Waals surface area contributed by atoms with E-state index in [1.807, 2.05) is 0 Å². The van der Waals surface area contributed by atoms with E-state index in [-0.39, 0.29) is 17.3 Å². The molecule has 2 heterocycles. The Labute approximate surface area is 150 Å². The van der Waals surface area contributed by atoms with Gasteiger partial charge in [-0.25, -0.2) is 13.9 Å². The Kier molecular flexibility index (Phi) is 5.03. The number of alkyl carbamates (subject to hydrolysis) is 1. The summed E-state index contributed by atoms with van der Waals surface area (Å²) in [4.78, 5) is 23.4. The van der Waals surface area contributed by atoms with E-state index in [4.69, 9.17) is 16.3 Å². The van der Waals surface area contributed by atoms with Crippen LogP contribution in [0.5, 0.6) is 0 Å². The van der Waals surface area contributed by atoms with Gasteiger partial charge in [0.15, 0.2) is 6.10 Å². The van der Waals surface area contributed by atoms with Gasteiger partial charge < -0.3 is 15.4 Å². The van der Waals surface area contributed by atoms with Gasteiger partial charge in [-0.3, -0.25) is 4.79 Å². The largest absolute Gasteiger partial charge is 0.434 e. The molecule has 11 heteroatoms. The van der Waals surface area contributed by atoms with Gasteiger partial charge in [0.05, 0.1) is 23.3 Å². The molecule has 1 saturated heterocycles. The summed E-state index contributed by atoms with van der Waals surface area (Å²) >= 11 is 5.77. The number of alkyl halides is 2. The van der Waals surface area contributed by atoms with E-state index in [1.54, 1.807) is 0 Å². The van der Waals surface area contributed by atoms with Crippen LogP contribution in [0.1, 0.15) is 23.8 Å². The first-order valence-corrected chi connectivity index (χ1v) is 7.76. The molecule has 0 bridgehead atoms. The first-order chi connectivity index (χ1) is 12.3. The fourth-order valence-electron chi connectivity index (χ4n) is 2.41. The Bertz CT molecular complexity index is 845. The number of carbonyl (C=O) groups excluding carboxylic acids is 2. The smallest absolute Gasteiger partial charge is 0.408 e. The number of hydrogen-bond donors (Lipinski definition) is 2. The molecule has 1 fully saturated rings. The number of halogens is 4. The van der Waals surface area contributed by atoms with Crippen LogP contribution >= 0.6 is 11.6 Å². The maximum absolute atomic E-state index is 13.4. The van der Waals surface area contributed by atoms with Crippen LogP contribution in [0.4, 0.5) is 18.0 Å². The van der Waals surface area contributed by atoms with E-state index < -0.39 is 36.5 Å². The van der Waals surface area contributed by atoms with Gasteiger partial charge in [-0.05, 0) is 23.8 Å². The number of aromatic nitrogens is 2. The average molecular weight is 389 g/mol. The van der Waals surface area contributed by atoms with Crippen molar-refractivity contribution >= 4 is 23.6 Å². The summed E-state index contributed by atoms with van der Waals surface area (Å²) in [5, 5.41) is 8.40. The van der Waals surface area contributed by atoms with Gasteiger partial charge in [-0.15, -0.1) is 0 Å². The first kappa shape index (κ1) is 18.1. The highest BCUT2D eigenvalue weighted by atomic mass is 35.5.